The molecule has 0 spiro atoms. The number of carbonyl (C=O) groups is 2. The standard InChI is InChI=1S/C18H24N4O3S/c1-14-11-16(25-20-14)12-21-6-8-22(9-7-21)17(23)3-2-5-19-18(24)15-4-10-26-13-15/h4,10-11,13H,2-3,5-9,12H2,1H3,(H,19,24). The normalized spacial score (nSPS) is 15.2. The van der Waals surface area contributed by atoms with E-state index in [0.717, 1.165) is 44.2 Å². The van der Waals surface area contributed by atoms with Crippen LogP contribution in [0, 0.1) is 6.92 Å². The van der Waals surface area contributed by atoms with Crippen molar-refractivity contribution in [1.82, 2.24) is 20.3 Å². The minimum Gasteiger partial charge on any atom is -0.360 e. The summed E-state index contributed by atoms with van der Waals surface area (Å²) >= 11 is 1.50. The third kappa shape index (κ3) is 5.15. The van der Waals surface area contributed by atoms with Crippen LogP contribution in [0.2, 0.25) is 0 Å². The molecule has 0 unspecified atom stereocenters. The van der Waals surface area contributed by atoms with Crippen molar-refractivity contribution in [2.75, 3.05) is 32.7 Å². The van der Waals surface area contributed by atoms with Crippen LogP contribution in [0.15, 0.2) is 27.4 Å². The Hall–Kier alpha value is -2.19. The van der Waals surface area contributed by atoms with Crippen molar-refractivity contribution in [2.24, 2.45) is 0 Å². The molecule has 140 valence electrons. The van der Waals surface area contributed by atoms with E-state index in [0.29, 0.717) is 24.9 Å². The third-order valence-corrected chi connectivity index (χ3v) is 5.10. The van der Waals surface area contributed by atoms with Crippen molar-refractivity contribution in [1.29, 1.82) is 0 Å². The second-order valence-electron chi connectivity index (χ2n) is 6.46. The van der Waals surface area contributed by atoms with Crippen LogP contribution < -0.4 is 5.32 Å². The number of nitrogens with one attached hydrogen (secondary N) is 1. The van der Waals surface area contributed by atoms with Gasteiger partial charge in [0.15, 0.2) is 5.76 Å². The lowest BCUT2D eigenvalue weighted by atomic mass is 10.2. The van der Waals surface area contributed by atoms with E-state index in [1.54, 1.807) is 6.07 Å². The van der Waals surface area contributed by atoms with Crippen LogP contribution in [0.1, 0.15) is 34.7 Å². The fourth-order valence-electron chi connectivity index (χ4n) is 2.96. The summed E-state index contributed by atoms with van der Waals surface area (Å²) in [5, 5.41) is 10.4. The van der Waals surface area contributed by atoms with Gasteiger partial charge >= 0.3 is 0 Å². The first-order valence-corrected chi connectivity index (χ1v) is 9.79. The second-order valence-corrected chi connectivity index (χ2v) is 7.24. The van der Waals surface area contributed by atoms with Gasteiger partial charge in [0.1, 0.15) is 0 Å². The number of hydrogen-bond acceptors (Lipinski definition) is 6. The van der Waals surface area contributed by atoms with Crippen LogP contribution in [-0.2, 0) is 11.3 Å². The SMILES string of the molecule is Cc1cc(CN2CCN(C(=O)CCCNC(=O)c3ccsc3)CC2)on1. The molecule has 0 saturated carbocycles. The molecule has 1 aliphatic heterocycles. The number of thiophene rings is 1. The van der Waals surface area contributed by atoms with E-state index < -0.39 is 0 Å². The lowest BCUT2D eigenvalue weighted by molar-refractivity contribution is -0.133. The first-order valence-electron chi connectivity index (χ1n) is 8.84. The zero-order chi connectivity index (χ0) is 18.4. The van der Waals surface area contributed by atoms with Crippen LogP contribution in [-0.4, -0.2) is 59.5 Å². The molecule has 2 aromatic heterocycles. The molecule has 26 heavy (non-hydrogen) atoms. The molecule has 2 amide bonds. The predicted octanol–water partition coefficient (Wildman–Crippen LogP) is 1.90. The molecule has 0 bridgehead atoms. The number of hydrogen-bond donors (Lipinski definition) is 1. The van der Waals surface area contributed by atoms with Gasteiger partial charge in [-0.25, -0.2) is 0 Å². The Morgan fingerprint density at radius 3 is 2.77 bits per heavy atom. The molecule has 3 heterocycles. The van der Waals surface area contributed by atoms with Crippen molar-refractivity contribution < 1.29 is 14.1 Å². The van der Waals surface area contributed by atoms with Crippen molar-refractivity contribution in [3.8, 4) is 0 Å². The van der Waals surface area contributed by atoms with Crippen LogP contribution in [0.4, 0.5) is 0 Å². The van der Waals surface area contributed by atoms with Gasteiger partial charge in [0.25, 0.3) is 5.91 Å². The Balaban J connectivity index is 1.31. The van der Waals surface area contributed by atoms with Crippen LogP contribution in [0.3, 0.4) is 0 Å². The Kier molecular flexibility index (Phi) is 6.40. The molecule has 0 aliphatic carbocycles. The highest BCUT2D eigenvalue weighted by atomic mass is 32.1. The van der Waals surface area contributed by atoms with Crippen molar-refractivity contribution in [2.45, 2.75) is 26.3 Å². The molecule has 0 radical (unpaired) electrons. The second kappa shape index (κ2) is 8.95. The molecule has 1 fully saturated rings. The topological polar surface area (TPSA) is 78.7 Å². The van der Waals surface area contributed by atoms with Gasteiger partial charge in [0.05, 0.1) is 12.2 Å². The van der Waals surface area contributed by atoms with Crippen LogP contribution in [0.25, 0.3) is 0 Å². The maximum Gasteiger partial charge on any atom is 0.252 e. The van der Waals surface area contributed by atoms with Gasteiger partial charge < -0.3 is 14.7 Å². The largest absolute Gasteiger partial charge is 0.360 e. The molecule has 7 nitrogen and oxygen atoms in total. The highest BCUT2D eigenvalue weighted by molar-refractivity contribution is 7.08. The van der Waals surface area contributed by atoms with Crippen LogP contribution >= 0.6 is 11.3 Å². The molecular formula is C18H24N4O3S. The number of rotatable bonds is 7. The van der Waals surface area contributed by atoms with Crippen molar-refractivity contribution >= 4 is 23.2 Å². The van der Waals surface area contributed by atoms with Gasteiger partial charge in [0, 0.05) is 56.2 Å². The van der Waals surface area contributed by atoms with Gasteiger partial charge in [0.2, 0.25) is 5.91 Å². The summed E-state index contributed by atoms with van der Waals surface area (Å²) in [6.07, 6.45) is 1.12. The molecule has 0 atom stereocenters. The van der Waals surface area contributed by atoms with Crippen LogP contribution in [0.5, 0.6) is 0 Å². The van der Waals surface area contributed by atoms with E-state index in [9.17, 15) is 9.59 Å². The maximum atomic E-state index is 12.3. The zero-order valence-electron chi connectivity index (χ0n) is 14.9. The summed E-state index contributed by atoms with van der Waals surface area (Å²) in [7, 11) is 0. The number of amides is 2. The maximum absolute atomic E-state index is 12.3. The van der Waals surface area contributed by atoms with E-state index in [-0.39, 0.29) is 11.8 Å². The summed E-state index contributed by atoms with van der Waals surface area (Å²) in [6.45, 7) is 6.29. The highest BCUT2D eigenvalue weighted by Gasteiger charge is 2.21. The van der Waals surface area contributed by atoms with E-state index >= 15 is 0 Å². The molecule has 8 heteroatoms. The van der Waals surface area contributed by atoms with E-state index in [4.69, 9.17) is 4.52 Å². The summed E-state index contributed by atoms with van der Waals surface area (Å²) in [5.74, 6) is 0.948. The number of carbonyl (C=O) groups excluding carboxylic acids is 2. The first-order chi connectivity index (χ1) is 12.6. The number of piperazine rings is 1. The van der Waals surface area contributed by atoms with Crippen molar-refractivity contribution in [3.05, 3.63) is 39.9 Å². The van der Waals surface area contributed by atoms with E-state index in [1.165, 1.54) is 11.3 Å². The Morgan fingerprint density at radius 1 is 1.31 bits per heavy atom. The van der Waals surface area contributed by atoms with E-state index in [1.807, 2.05) is 28.7 Å². The van der Waals surface area contributed by atoms with Crippen molar-refractivity contribution in [3.63, 3.8) is 0 Å². The minimum absolute atomic E-state index is 0.0741. The highest BCUT2D eigenvalue weighted by Crippen LogP contribution is 2.11. The molecule has 2 aromatic rings. The molecule has 0 aromatic carbocycles. The van der Waals surface area contributed by atoms with Gasteiger partial charge in [-0.2, -0.15) is 11.3 Å². The summed E-state index contributed by atoms with van der Waals surface area (Å²) in [6, 6.07) is 3.74. The lowest BCUT2D eigenvalue weighted by Crippen LogP contribution is -2.48. The number of aryl methyl sites for hydroxylation is 1. The molecular weight excluding hydrogens is 352 g/mol. The molecule has 1 aliphatic rings. The van der Waals surface area contributed by atoms with E-state index in [2.05, 4.69) is 15.4 Å². The molecule has 3 rings (SSSR count). The van der Waals surface area contributed by atoms with Gasteiger partial charge in [-0.3, -0.25) is 14.5 Å². The Labute approximate surface area is 156 Å². The Morgan fingerprint density at radius 2 is 2.12 bits per heavy atom. The summed E-state index contributed by atoms with van der Waals surface area (Å²) < 4.78 is 5.25. The van der Waals surface area contributed by atoms with Gasteiger partial charge in [-0.1, -0.05) is 5.16 Å². The lowest BCUT2D eigenvalue weighted by Gasteiger charge is -2.34. The zero-order valence-corrected chi connectivity index (χ0v) is 15.8. The van der Waals surface area contributed by atoms with Gasteiger partial charge in [-0.05, 0) is 24.8 Å². The predicted molar refractivity (Wildman–Crippen MR) is 99.0 cm³/mol. The average molecular weight is 376 g/mol. The third-order valence-electron chi connectivity index (χ3n) is 4.42. The monoisotopic (exact) mass is 376 g/mol. The molecule has 1 saturated heterocycles. The minimum atomic E-state index is -0.0741. The fraction of sp³-hybridized carbons (Fsp3) is 0.500. The summed E-state index contributed by atoms with van der Waals surface area (Å²) in [4.78, 5) is 28.3. The average Bonchev–Trinajstić information content (AvgIpc) is 3.31. The number of aromatic nitrogens is 1. The molecule has 1 N–H and O–H groups in total. The number of nitrogens with zero attached hydrogens (tertiary/aromatic N) is 3. The van der Waals surface area contributed by atoms with Gasteiger partial charge in [-0.15, -0.1) is 0 Å². The quantitative estimate of drug-likeness (QED) is 0.747. The Bertz CT molecular complexity index is 721. The smallest absolute Gasteiger partial charge is 0.252 e. The fourth-order valence-corrected chi connectivity index (χ4v) is 3.60. The first kappa shape index (κ1) is 18.6. The summed E-state index contributed by atoms with van der Waals surface area (Å²) in [5.41, 5.74) is 1.57.